The highest BCUT2D eigenvalue weighted by atomic mass is 19.3. The van der Waals surface area contributed by atoms with Crippen LogP contribution in [0.3, 0.4) is 0 Å². The lowest BCUT2D eigenvalue weighted by atomic mass is 10.1. The highest BCUT2D eigenvalue weighted by Crippen LogP contribution is 2.25. The van der Waals surface area contributed by atoms with Crippen LogP contribution in [-0.2, 0) is 11.3 Å². The Morgan fingerprint density at radius 1 is 1.62 bits per heavy atom. The zero-order valence-electron chi connectivity index (χ0n) is 8.96. The van der Waals surface area contributed by atoms with Gasteiger partial charge in [0.05, 0.1) is 12.7 Å². The molecule has 0 radical (unpaired) electrons. The van der Waals surface area contributed by atoms with E-state index in [9.17, 15) is 13.6 Å². The number of aromatic nitrogens is 1. The lowest BCUT2D eigenvalue weighted by molar-refractivity contribution is 0.0585. The number of alkyl halides is 2. The zero-order chi connectivity index (χ0) is 12.3. The number of nitrogens with zero attached hydrogens (tertiary/aromatic N) is 1. The van der Waals surface area contributed by atoms with Crippen LogP contribution in [-0.4, -0.2) is 18.1 Å². The van der Waals surface area contributed by atoms with Gasteiger partial charge >= 0.3 is 5.97 Å². The average Bonchev–Trinajstić information content (AvgIpc) is 2.26. The summed E-state index contributed by atoms with van der Waals surface area (Å²) in [5.74, 6) is -0.844. The molecule has 4 nitrogen and oxygen atoms in total. The van der Waals surface area contributed by atoms with Crippen molar-refractivity contribution in [3.8, 4) is 0 Å². The predicted molar refractivity (Wildman–Crippen MR) is 53.2 cm³/mol. The Morgan fingerprint density at radius 3 is 2.69 bits per heavy atom. The largest absolute Gasteiger partial charge is 0.465 e. The number of halogens is 2. The summed E-state index contributed by atoms with van der Waals surface area (Å²) >= 11 is 0. The molecule has 0 aromatic carbocycles. The molecule has 0 fully saturated rings. The molecule has 0 saturated carbocycles. The molecule has 0 aliphatic heterocycles. The number of carbonyl (C=O) groups is 1. The highest BCUT2D eigenvalue weighted by molar-refractivity contribution is 5.92. The van der Waals surface area contributed by atoms with E-state index in [1.54, 1.807) is 6.92 Å². The van der Waals surface area contributed by atoms with Gasteiger partial charge in [0.25, 0.3) is 6.43 Å². The molecule has 1 aromatic heterocycles. The van der Waals surface area contributed by atoms with E-state index >= 15 is 0 Å². The number of methoxy groups -OCH3 is 1. The van der Waals surface area contributed by atoms with Crippen molar-refractivity contribution in [3.05, 3.63) is 28.6 Å². The number of pyridine rings is 1. The summed E-state index contributed by atoms with van der Waals surface area (Å²) < 4.78 is 29.9. The summed E-state index contributed by atoms with van der Waals surface area (Å²) in [5, 5.41) is 0. The summed E-state index contributed by atoms with van der Waals surface area (Å²) in [5.41, 5.74) is 5.30. The molecular weight excluding hydrogens is 218 g/mol. The van der Waals surface area contributed by atoms with Crippen molar-refractivity contribution in [2.24, 2.45) is 5.73 Å². The van der Waals surface area contributed by atoms with Crippen LogP contribution in [0.1, 0.15) is 33.7 Å². The minimum absolute atomic E-state index is 0.0203. The van der Waals surface area contributed by atoms with Gasteiger partial charge in [-0.15, -0.1) is 0 Å². The molecule has 6 heteroatoms. The molecular formula is C10H12F2N2O2. The van der Waals surface area contributed by atoms with Crippen molar-refractivity contribution in [1.82, 2.24) is 4.98 Å². The van der Waals surface area contributed by atoms with Crippen molar-refractivity contribution in [3.63, 3.8) is 0 Å². The minimum atomic E-state index is -2.83. The lowest BCUT2D eigenvalue weighted by Gasteiger charge is -2.11. The molecule has 0 unspecified atom stereocenters. The number of rotatable bonds is 3. The first-order chi connectivity index (χ1) is 7.51. The smallest absolute Gasteiger partial charge is 0.340 e. The second-order valence-electron chi connectivity index (χ2n) is 3.18. The van der Waals surface area contributed by atoms with Crippen molar-refractivity contribution in [1.29, 1.82) is 0 Å². The molecule has 0 aliphatic rings. The van der Waals surface area contributed by atoms with Gasteiger partial charge in [-0.25, -0.2) is 13.6 Å². The van der Waals surface area contributed by atoms with Gasteiger partial charge in [0.1, 0.15) is 5.69 Å². The van der Waals surface area contributed by atoms with Gasteiger partial charge in [-0.2, -0.15) is 0 Å². The fraction of sp³-hybridized carbons (Fsp3) is 0.400. The lowest BCUT2D eigenvalue weighted by Crippen LogP contribution is -2.15. The number of ether oxygens (including phenoxy) is 1. The molecule has 0 bridgehead atoms. The maximum absolute atomic E-state index is 12.7. The molecule has 0 spiro atoms. The normalized spacial score (nSPS) is 10.6. The van der Waals surface area contributed by atoms with Crippen LogP contribution < -0.4 is 5.73 Å². The van der Waals surface area contributed by atoms with E-state index in [0.29, 0.717) is 11.3 Å². The summed E-state index contributed by atoms with van der Waals surface area (Å²) in [4.78, 5) is 15.0. The molecule has 0 atom stereocenters. The quantitative estimate of drug-likeness (QED) is 0.800. The van der Waals surface area contributed by atoms with Crippen LogP contribution in [0.25, 0.3) is 0 Å². The number of esters is 1. The van der Waals surface area contributed by atoms with E-state index in [2.05, 4.69) is 9.72 Å². The van der Waals surface area contributed by atoms with Crippen LogP contribution in [0.15, 0.2) is 6.07 Å². The van der Waals surface area contributed by atoms with Gasteiger partial charge in [-0.3, -0.25) is 4.98 Å². The van der Waals surface area contributed by atoms with E-state index in [1.165, 1.54) is 6.07 Å². The second-order valence-corrected chi connectivity index (χ2v) is 3.18. The monoisotopic (exact) mass is 230 g/mol. The fourth-order valence-electron chi connectivity index (χ4n) is 1.42. The summed E-state index contributed by atoms with van der Waals surface area (Å²) in [6.07, 6.45) is -2.83. The summed E-state index contributed by atoms with van der Waals surface area (Å²) in [6.45, 7) is 1.54. The number of hydrogen-bond donors (Lipinski definition) is 1. The first-order valence-corrected chi connectivity index (χ1v) is 4.58. The summed E-state index contributed by atoms with van der Waals surface area (Å²) in [6, 6.07) is 1.50. The van der Waals surface area contributed by atoms with Crippen LogP contribution in [0.5, 0.6) is 0 Å². The van der Waals surface area contributed by atoms with Crippen molar-refractivity contribution < 1.29 is 18.3 Å². The van der Waals surface area contributed by atoms with Crippen molar-refractivity contribution in [2.75, 3.05) is 7.11 Å². The number of nitrogens with two attached hydrogens (primary N) is 1. The maximum Gasteiger partial charge on any atom is 0.340 e. The van der Waals surface area contributed by atoms with Gasteiger partial charge in [0, 0.05) is 12.2 Å². The number of aryl methyl sites for hydroxylation is 1. The first-order valence-electron chi connectivity index (χ1n) is 4.58. The Hall–Kier alpha value is -1.56. The van der Waals surface area contributed by atoms with E-state index in [1.807, 2.05) is 0 Å². The van der Waals surface area contributed by atoms with Crippen LogP contribution in [0.2, 0.25) is 0 Å². The molecule has 0 saturated heterocycles. The number of hydrogen-bond acceptors (Lipinski definition) is 4. The molecule has 88 valence electrons. The topological polar surface area (TPSA) is 65.2 Å². The highest BCUT2D eigenvalue weighted by Gasteiger charge is 2.24. The predicted octanol–water partition coefficient (Wildman–Crippen LogP) is 1.57. The molecule has 2 N–H and O–H groups in total. The SMILES string of the molecule is COC(=O)c1c(CN)cc(C)nc1C(F)F. The third-order valence-electron chi connectivity index (χ3n) is 2.07. The Morgan fingerprint density at radius 2 is 2.25 bits per heavy atom. The molecule has 0 aliphatic carbocycles. The maximum atomic E-state index is 12.7. The van der Waals surface area contributed by atoms with Crippen molar-refractivity contribution >= 4 is 5.97 Å². The second kappa shape index (κ2) is 4.98. The van der Waals surface area contributed by atoms with Gasteiger partial charge in [0.2, 0.25) is 0 Å². The van der Waals surface area contributed by atoms with E-state index in [4.69, 9.17) is 5.73 Å². The standard InChI is InChI=1S/C10H12F2N2O2/c1-5-3-6(4-13)7(10(15)16-2)8(14-5)9(11)12/h3,9H,4,13H2,1-2H3. The van der Waals surface area contributed by atoms with E-state index in [0.717, 1.165) is 7.11 Å². The van der Waals surface area contributed by atoms with E-state index in [-0.39, 0.29) is 12.1 Å². The van der Waals surface area contributed by atoms with Crippen LogP contribution >= 0.6 is 0 Å². The first kappa shape index (κ1) is 12.5. The molecule has 1 rings (SSSR count). The molecule has 16 heavy (non-hydrogen) atoms. The van der Waals surface area contributed by atoms with Crippen molar-refractivity contribution in [2.45, 2.75) is 19.9 Å². The van der Waals surface area contributed by atoms with Gasteiger partial charge < -0.3 is 10.5 Å². The Labute approximate surface area is 91.4 Å². The fourth-order valence-corrected chi connectivity index (χ4v) is 1.42. The van der Waals surface area contributed by atoms with E-state index < -0.39 is 18.1 Å². The third-order valence-corrected chi connectivity index (χ3v) is 2.07. The zero-order valence-corrected chi connectivity index (χ0v) is 8.96. The Balaban J connectivity index is 3.45. The third kappa shape index (κ3) is 2.33. The summed E-state index contributed by atoms with van der Waals surface area (Å²) in [7, 11) is 1.12. The Kier molecular flexibility index (Phi) is 3.89. The van der Waals surface area contributed by atoms with Gasteiger partial charge in [0.15, 0.2) is 0 Å². The van der Waals surface area contributed by atoms with Crippen LogP contribution in [0, 0.1) is 6.92 Å². The Bertz CT molecular complexity index is 408. The number of carbonyl (C=O) groups excluding carboxylic acids is 1. The van der Waals surface area contributed by atoms with Gasteiger partial charge in [-0.05, 0) is 18.6 Å². The average molecular weight is 230 g/mol. The molecule has 1 aromatic rings. The van der Waals surface area contributed by atoms with Gasteiger partial charge in [-0.1, -0.05) is 0 Å². The molecule has 1 heterocycles. The minimum Gasteiger partial charge on any atom is -0.465 e. The molecule has 0 amide bonds. The van der Waals surface area contributed by atoms with Crippen LogP contribution in [0.4, 0.5) is 8.78 Å².